The average Bonchev–Trinajstić information content (AvgIpc) is 2.82. The number of aliphatic hydroxyl groups is 2. The van der Waals surface area contributed by atoms with Crippen LogP contribution < -0.4 is 0 Å². The van der Waals surface area contributed by atoms with E-state index in [1.54, 1.807) is 0 Å². The van der Waals surface area contributed by atoms with Crippen LogP contribution in [0.25, 0.3) is 0 Å². The summed E-state index contributed by atoms with van der Waals surface area (Å²) in [6, 6.07) is 2.70. The lowest BCUT2D eigenvalue weighted by Crippen LogP contribution is -2.37. The van der Waals surface area contributed by atoms with Crippen molar-refractivity contribution < 1.29 is 19.0 Å². The summed E-state index contributed by atoms with van der Waals surface area (Å²) in [7, 11) is 0. The number of hydrogen-bond acceptors (Lipinski definition) is 4. The van der Waals surface area contributed by atoms with Gasteiger partial charge in [-0.3, -0.25) is 0 Å². The third-order valence-corrected chi connectivity index (χ3v) is 2.66. The fourth-order valence-corrected chi connectivity index (χ4v) is 1.59. The van der Waals surface area contributed by atoms with Crippen LogP contribution in [-0.2, 0) is 5.72 Å². The van der Waals surface area contributed by atoms with E-state index in [-0.39, 0.29) is 5.56 Å². The van der Waals surface area contributed by atoms with E-state index in [0.29, 0.717) is 6.07 Å². The quantitative estimate of drug-likeness (QED) is 0.856. The first-order valence-corrected chi connectivity index (χ1v) is 5.13. The van der Waals surface area contributed by atoms with Gasteiger partial charge in [0.15, 0.2) is 5.72 Å². The third-order valence-electron chi connectivity index (χ3n) is 2.66. The molecule has 2 unspecified atom stereocenters. The minimum absolute atomic E-state index is 0.225. The third kappa shape index (κ3) is 2.09. The first-order valence-electron chi connectivity index (χ1n) is 5.13. The van der Waals surface area contributed by atoms with Gasteiger partial charge in [0.05, 0.1) is 0 Å². The highest BCUT2D eigenvalue weighted by Crippen LogP contribution is 2.30. The Hall–Kier alpha value is -1.86. The van der Waals surface area contributed by atoms with Crippen LogP contribution in [0.3, 0.4) is 0 Å². The SMILES string of the molecule is CC(O)(C(O)c1ccc(F)cc1F)n1cncn1. The van der Waals surface area contributed by atoms with Crippen LogP contribution in [0.1, 0.15) is 18.6 Å². The zero-order valence-corrected chi connectivity index (χ0v) is 9.46. The van der Waals surface area contributed by atoms with Crippen molar-refractivity contribution in [2.24, 2.45) is 0 Å². The molecule has 0 aliphatic rings. The van der Waals surface area contributed by atoms with Crippen molar-refractivity contribution >= 4 is 0 Å². The number of rotatable bonds is 3. The summed E-state index contributed by atoms with van der Waals surface area (Å²) in [6.45, 7) is 1.25. The van der Waals surface area contributed by atoms with Crippen LogP contribution in [0, 0.1) is 11.6 Å². The van der Waals surface area contributed by atoms with Gasteiger partial charge in [-0.2, -0.15) is 5.10 Å². The molecule has 5 nitrogen and oxygen atoms in total. The molecule has 96 valence electrons. The largest absolute Gasteiger partial charge is 0.383 e. The Kier molecular flexibility index (Phi) is 3.10. The second kappa shape index (κ2) is 4.43. The lowest BCUT2D eigenvalue weighted by Gasteiger charge is -2.29. The number of benzene rings is 1. The Morgan fingerprint density at radius 1 is 1.39 bits per heavy atom. The first kappa shape index (κ1) is 12.6. The van der Waals surface area contributed by atoms with Gasteiger partial charge < -0.3 is 10.2 Å². The van der Waals surface area contributed by atoms with Crippen molar-refractivity contribution in [1.82, 2.24) is 14.8 Å². The van der Waals surface area contributed by atoms with Crippen LogP contribution in [0.4, 0.5) is 8.78 Å². The van der Waals surface area contributed by atoms with Crippen LogP contribution in [0.2, 0.25) is 0 Å². The van der Waals surface area contributed by atoms with Gasteiger partial charge in [0.1, 0.15) is 30.4 Å². The fraction of sp³-hybridized carbons (Fsp3) is 0.273. The van der Waals surface area contributed by atoms with Crippen LogP contribution in [0.5, 0.6) is 0 Å². The zero-order valence-electron chi connectivity index (χ0n) is 9.46. The number of nitrogens with zero attached hydrogens (tertiary/aromatic N) is 3. The first-order chi connectivity index (χ1) is 8.43. The molecule has 0 fully saturated rings. The molecule has 0 bridgehead atoms. The van der Waals surface area contributed by atoms with Gasteiger partial charge in [-0.25, -0.2) is 18.4 Å². The molecule has 2 N–H and O–H groups in total. The smallest absolute Gasteiger partial charge is 0.187 e. The zero-order chi connectivity index (χ0) is 13.3. The van der Waals surface area contributed by atoms with Crippen molar-refractivity contribution in [2.45, 2.75) is 18.8 Å². The molecule has 1 aromatic heterocycles. The molecule has 0 radical (unpaired) electrons. The van der Waals surface area contributed by atoms with Gasteiger partial charge in [0.2, 0.25) is 0 Å². The molecule has 18 heavy (non-hydrogen) atoms. The summed E-state index contributed by atoms with van der Waals surface area (Å²) < 4.78 is 27.3. The van der Waals surface area contributed by atoms with Gasteiger partial charge in [-0.15, -0.1) is 0 Å². The molecule has 1 aromatic carbocycles. The highest BCUT2D eigenvalue weighted by molar-refractivity contribution is 5.22. The topological polar surface area (TPSA) is 71.2 Å². The molecule has 0 aliphatic carbocycles. The fourth-order valence-electron chi connectivity index (χ4n) is 1.59. The Balaban J connectivity index is 2.39. The van der Waals surface area contributed by atoms with E-state index in [1.807, 2.05) is 0 Å². The van der Waals surface area contributed by atoms with Gasteiger partial charge in [0, 0.05) is 11.6 Å². The predicted molar refractivity (Wildman–Crippen MR) is 57.2 cm³/mol. The normalized spacial score (nSPS) is 16.3. The molecule has 2 atom stereocenters. The Morgan fingerprint density at radius 2 is 2.11 bits per heavy atom. The van der Waals surface area contributed by atoms with Gasteiger partial charge in [-0.05, 0) is 13.0 Å². The summed E-state index contributed by atoms with van der Waals surface area (Å²) >= 11 is 0. The molecule has 0 saturated heterocycles. The standard InChI is InChI=1S/C11H11F2N3O2/c1-11(18,16-6-14-5-15-16)10(17)8-3-2-7(12)4-9(8)13/h2-6,10,17-18H,1H3. The highest BCUT2D eigenvalue weighted by atomic mass is 19.1. The molecular formula is C11H11F2N3O2. The second-order valence-electron chi connectivity index (χ2n) is 4.00. The number of halogens is 2. The monoisotopic (exact) mass is 255 g/mol. The minimum atomic E-state index is -1.89. The Bertz CT molecular complexity index is 543. The summed E-state index contributed by atoms with van der Waals surface area (Å²) in [5, 5.41) is 23.8. The molecule has 1 heterocycles. The van der Waals surface area contributed by atoms with Crippen LogP contribution >= 0.6 is 0 Å². The van der Waals surface area contributed by atoms with Gasteiger partial charge in [0.25, 0.3) is 0 Å². The van der Waals surface area contributed by atoms with Gasteiger partial charge >= 0.3 is 0 Å². The Morgan fingerprint density at radius 3 is 2.67 bits per heavy atom. The van der Waals surface area contributed by atoms with E-state index in [0.717, 1.165) is 16.8 Å². The number of hydrogen-bond donors (Lipinski definition) is 2. The lowest BCUT2D eigenvalue weighted by atomic mass is 10.00. The van der Waals surface area contributed by atoms with E-state index in [4.69, 9.17) is 0 Å². The average molecular weight is 255 g/mol. The van der Waals surface area contributed by atoms with Crippen molar-refractivity contribution in [2.75, 3.05) is 0 Å². The van der Waals surface area contributed by atoms with Crippen LogP contribution in [0.15, 0.2) is 30.9 Å². The minimum Gasteiger partial charge on any atom is -0.383 e. The van der Waals surface area contributed by atoms with E-state index in [9.17, 15) is 19.0 Å². The molecule has 0 saturated carbocycles. The van der Waals surface area contributed by atoms with E-state index in [1.165, 1.54) is 19.6 Å². The highest BCUT2D eigenvalue weighted by Gasteiger charge is 2.36. The van der Waals surface area contributed by atoms with Crippen LogP contribution in [-0.4, -0.2) is 25.0 Å². The molecular weight excluding hydrogens is 244 g/mol. The maximum Gasteiger partial charge on any atom is 0.187 e. The molecule has 7 heteroatoms. The molecule has 0 amide bonds. The van der Waals surface area contributed by atoms with Crippen molar-refractivity contribution in [3.05, 3.63) is 48.1 Å². The maximum absolute atomic E-state index is 13.5. The molecule has 2 aromatic rings. The van der Waals surface area contributed by atoms with E-state index < -0.39 is 23.5 Å². The molecule has 2 rings (SSSR count). The van der Waals surface area contributed by atoms with Crippen molar-refractivity contribution in [3.8, 4) is 0 Å². The maximum atomic E-state index is 13.5. The Labute approximate surface area is 101 Å². The van der Waals surface area contributed by atoms with Crippen molar-refractivity contribution in [3.63, 3.8) is 0 Å². The van der Waals surface area contributed by atoms with E-state index in [2.05, 4.69) is 10.1 Å². The summed E-state index contributed by atoms with van der Waals surface area (Å²) in [4.78, 5) is 3.63. The second-order valence-corrected chi connectivity index (χ2v) is 4.00. The molecule has 0 spiro atoms. The number of aliphatic hydroxyl groups excluding tert-OH is 1. The van der Waals surface area contributed by atoms with Gasteiger partial charge in [-0.1, -0.05) is 6.07 Å². The van der Waals surface area contributed by atoms with Crippen molar-refractivity contribution in [1.29, 1.82) is 0 Å². The molecule has 0 aliphatic heterocycles. The summed E-state index contributed by atoms with van der Waals surface area (Å²) in [5.74, 6) is -1.70. The summed E-state index contributed by atoms with van der Waals surface area (Å²) in [5.41, 5.74) is -2.12. The van der Waals surface area contributed by atoms with E-state index >= 15 is 0 Å². The lowest BCUT2D eigenvalue weighted by molar-refractivity contribution is -0.133. The number of aromatic nitrogens is 3. The summed E-state index contributed by atoms with van der Waals surface area (Å²) in [6.07, 6.45) is 0.743. The predicted octanol–water partition coefficient (Wildman–Crippen LogP) is 0.955.